The van der Waals surface area contributed by atoms with Gasteiger partial charge in [-0.15, -0.1) is 0 Å². The second-order valence-electron chi connectivity index (χ2n) is 12.1. The lowest BCUT2D eigenvalue weighted by Crippen LogP contribution is -2.62. The zero-order chi connectivity index (χ0) is 18.9. The summed E-state index contributed by atoms with van der Waals surface area (Å²) >= 11 is 0. The van der Waals surface area contributed by atoms with Gasteiger partial charge in [-0.05, 0) is 84.6 Å². The van der Waals surface area contributed by atoms with Crippen molar-refractivity contribution in [2.24, 2.45) is 27.9 Å². The molecule has 2 N–H and O–H groups in total. The monoisotopic (exact) mass is 366 g/mol. The fraction of sp³-hybridized carbons (Fsp3) is 0.760. The molecule has 6 rings (SSSR count). The van der Waals surface area contributed by atoms with Gasteiger partial charge in [-0.3, -0.25) is 0 Å². The Balaban J connectivity index is 1.45. The molecule has 0 spiro atoms. The van der Waals surface area contributed by atoms with Crippen molar-refractivity contribution >= 4 is 0 Å². The highest BCUT2D eigenvalue weighted by atomic mass is 15.2. The van der Waals surface area contributed by atoms with Crippen LogP contribution in [0.1, 0.15) is 71.3 Å². The van der Waals surface area contributed by atoms with E-state index in [0.717, 1.165) is 12.3 Å². The van der Waals surface area contributed by atoms with E-state index in [9.17, 15) is 0 Å². The Morgan fingerprint density at radius 2 is 1.78 bits per heavy atom. The summed E-state index contributed by atoms with van der Waals surface area (Å²) in [5, 5.41) is 0. The molecule has 148 valence electrons. The number of nitrogens with two attached hydrogens (primary N) is 1. The quantitative estimate of drug-likeness (QED) is 0.818. The molecule has 4 aliphatic carbocycles. The fourth-order valence-corrected chi connectivity index (χ4v) is 8.52. The lowest BCUT2D eigenvalue weighted by Gasteiger charge is -2.67. The maximum Gasteiger partial charge on any atom is 0.0115 e. The first-order chi connectivity index (χ1) is 12.7. The fourth-order valence-electron chi connectivity index (χ4n) is 8.52. The number of piperidine rings is 1. The Morgan fingerprint density at radius 3 is 2.48 bits per heavy atom. The third-order valence-electron chi connectivity index (χ3n) is 8.80. The average Bonchev–Trinajstić information content (AvgIpc) is 2.56. The highest BCUT2D eigenvalue weighted by Gasteiger charge is 2.62. The third kappa shape index (κ3) is 2.99. The van der Waals surface area contributed by atoms with Crippen LogP contribution in [0.25, 0.3) is 0 Å². The molecule has 27 heavy (non-hydrogen) atoms. The van der Waals surface area contributed by atoms with Crippen molar-refractivity contribution in [1.29, 1.82) is 0 Å². The van der Waals surface area contributed by atoms with Crippen molar-refractivity contribution in [1.82, 2.24) is 4.90 Å². The normalized spacial score (nSPS) is 45.9. The van der Waals surface area contributed by atoms with Gasteiger partial charge in [0.05, 0.1) is 0 Å². The average molecular weight is 367 g/mol. The first-order valence-electron chi connectivity index (χ1n) is 11.3. The van der Waals surface area contributed by atoms with Gasteiger partial charge in [0.2, 0.25) is 0 Å². The highest BCUT2D eigenvalue weighted by Crippen LogP contribution is 2.70. The van der Waals surface area contributed by atoms with Crippen LogP contribution in [0.15, 0.2) is 30.3 Å². The summed E-state index contributed by atoms with van der Waals surface area (Å²) in [6.45, 7) is 11.0. The molecular formula is C25H38N2. The lowest BCUT2D eigenvalue weighted by atomic mass is 9.39. The predicted octanol–water partition coefficient (Wildman–Crippen LogP) is 4.97. The highest BCUT2D eigenvalue weighted by molar-refractivity contribution is 5.31. The standard InChI is InChI=1S/C25H38N2/c1-22(2)17-27(10-9-21(22)26)18-24-12-19-11-23(3,14-24)15-25(13-19,16-24)20-7-5-4-6-8-20/h4-8,19,21H,9-18,26H2,1-3H3/t19-,21?,23+,24+,25-/m0/s1. The van der Waals surface area contributed by atoms with Gasteiger partial charge in [0.15, 0.2) is 0 Å². The van der Waals surface area contributed by atoms with Crippen molar-refractivity contribution in [3.05, 3.63) is 35.9 Å². The van der Waals surface area contributed by atoms with Crippen LogP contribution in [0.3, 0.4) is 0 Å². The summed E-state index contributed by atoms with van der Waals surface area (Å²) in [6.07, 6.45) is 9.82. The lowest BCUT2D eigenvalue weighted by molar-refractivity contribution is -0.132. The molecule has 1 saturated heterocycles. The number of likely N-dealkylation sites (tertiary alicyclic amines) is 1. The zero-order valence-electron chi connectivity index (χ0n) is 17.6. The van der Waals surface area contributed by atoms with Gasteiger partial charge in [0.1, 0.15) is 0 Å². The van der Waals surface area contributed by atoms with E-state index in [1.54, 1.807) is 5.56 Å². The van der Waals surface area contributed by atoms with Crippen LogP contribution in [0.5, 0.6) is 0 Å². The van der Waals surface area contributed by atoms with E-state index >= 15 is 0 Å². The van der Waals surface area contributed by atoms with E-state index in [-0.39, 0.29) is 5.41 Å². The van der Waals surface area contributed by atoms with E-state index < -0.39 is 0 Å². The number of nitrogens with zero attached hydrogens (tertiary/aromatic N) is 1. The smallest absolute Gasteiger partial charge is 0.0115 e. The first-order valence-corrected chi connectivity index (χ1v) is 11.3. The SMILES string of the molecule is CC1(C)CN(C[C@]23C[C@@H]4C[C@](C)(C2)C[C@@](c2ccccc2)(C4)C3)CCC1N. The van der Waals surface area contributed by atoms with Crippen LogP contribution in [-0.4, -0.2) is 30.6 Å². The van der Waals surface area contributed by atoms with Crippen molar-refractivity contribution in [2.45, 2.75) is 77.2 Å². The summed E-state index contributed by atoms with van der Waals surface area (Å²) in [5.41, 5.74) is 9.83. The first kappa shape index (κ1) is 18.2. The van der Waals surface area contributed by atoms with Crippen LogP contribution in [0, 0.1) is 22.2 Å². The molecule has 4 saturated carbocycles. The minimum atomic E-state index is 0.252. The van der Waals surface area contributed by atoms with Crippen molar-refractivity contribution < 1.29 is 0 Å². The Labute approximate surface area is 165 Å². The largest absolute Gasteiger partial charge is 0.327 e. The van der Waals surface area contributed by atoms with Crippen LogP contribution in [0.2, 0.25) is 0 Å². The van der Waals surface area contributed by atoms with Gasteiger partial charge in [-0.25, -0.2) is 0 Å². The van der Waals surface area contributed by atoms with Gasteiger partial charge in [0.25, 0.3) is 0 Å². The number of hydrogen-bond donors (Lipinski definition) is 1. The molecule has 1 aromatic rings. The predicted molar refractivity (Wildman–Crippen MR) is 113 cm³/mol. The Kier molecular flexibility index (Phi) is 3.93. The molecule has 1 aromatic carbocycles. The second-order valence-corrected chi connectivity index (χ2v) is 12.1. The molecule has 2 heteroatoms. The van der Waals surface area contributed by atoms with E-state index in [4.69, 9.17) is 5.73 Å². The number of rotatable bonds is 3. The minimum Gasteiger partial charge on any atom is -0.327 e. The summed E-state index contributed by atoms with van der Waals surface area (Å²) in [5.74, 6) is 0.937. The van der Waals surface area contributed by atoms with Gasteiger partial charge in [-0.1, -0.05) is 51.1 Å². The van der Waals surface area contributed by atoms with Crippen molar-refractivity contribution in [2.75, 3.05) is 19.6 Å². The minimum absolute atomic E-state index is 0.252. The molecule has 1 aliphatic heterocycles. The van der Waals surface area contributed by atoms with Gasteiger partial charge in [0, 0.05) is 19.1 Å². The summed E-state index contributed by atoms with van der Waals surface area (Å²) < 4.78 is 0. The third-order valence-corrected chi connectivity index (χ3v) is 8.80. The van der Waals surface area contributed by atoms with Gasteiger partial charge in [-0.2, -0.15) is 0 Å². The summed E-state index contributed by atoms with van der Waals surface area (Å²) in [4.78, 5) is 2.79. The zero-order valence-corrected chi connectivity index (χ0v) is 17.6. The molecule has 4 bridgehead atoms. The van der Waals surface area contributed by atoms with E-state index in [1.165, 1.54) is 58.2 Å². The van der Waals surface area contributed by atoms with Crippen LogP contribution in [0.4, 0.5) is 0 Å². The molecule has 1 unspecified atom stereocenters. The van der Waals surface area contributed by atoms with Crippen LogP contribution < -0.4 is 5.73 Å². The molecule has 0 aromatic heterocycles. The molecule has 5 aliphatic rings. The van der Waals surface area contributed by atoms with E-state index in [0.29, 0.717) is 22.3 Å². The van der Waals surface area contributed by atoms with Crippen molar-refractivity contribution in [3.63, 3.8) is 0 Å². The maximum absolute atomic E-state index is 6.43. The van der Waals surface area contributed by atoms with E-state index in [2.05, 4.69) is 56.0 Å². The summed E-state index contributed by atoms with van der Waals surface area (Å²) in [7, 11) is 0. The molecule has 2 nitrogen and oxygen atoms in total. The topological polar surface area (TPSA) is 29.3 Å². The number of hydrogen-bond acceptors (Lipinski definition) is 2. The molecule has 0 amide bonds. The maximum atomic E-state index is 6.43. The Hall–Kier alpha value is -0.860. The second kappa shape index (κ2) is 5.83. The van der Waals surface area contributed by atoms with Crippen LogP contribution in [-0.2, 0) is 5.41 Å². The van der Waals surface area contributed by atoms with Gasteiger partial charge >= 0.3 is 0 Å². The molecule has 5 fully saturated rings. The van der Waals surface area contributed by atoms with Gasteiger partial charge < -0.3 is 10.6 Å². The van der Waals surface area contributed by atoms with Crippen LogP contribution >= 0.6 is 0 Å². The molecule has 5 atom stereocenters. The Bertz CT molecular complexity index is 712. The number of benzene rings is 1. The molecular weight excluding hydrogens is 328 g/mol. The summed E-state index contributed by atoms with van der Waals surface area (Å²) in [6, 6.07) is 11.9. The van der Waals surface area contributed by atoms with Crippen molar-refractivity contribution in [3.8, 4) is 0 Å². The Morgan fingerprint density at radius 1 is 1.00 bits per heavy atom. The molecule has 1 heterocycles. The molecule has 0 radical (unpaired) electrons. The van der Waals surface area contributed by atoms with E-state index in [1.807, 2.05) is 0 Å².